The summed E-state index contributed by atoms with van der Waals surface area (Å²) < 4.78 is 0. The summed E-state index contributed by atoms with van der Waals surface area (Å²) in [5, 5.41) is 6.96. The molecule has 1 saturated carbocycles. The number of benzene rings is 1. The van der Waals surface area contributed by atoms with Crippen molar-refractivity contribution in [2.45, 2.75) is 32.6 Å². The van der Waals surface area contributed by atoms with Crippen LogP contribution in [0, 0.1) is 5.41 Å². The van der Waals surface area contributed by atoms with Gasteiger partial charge in [0.15, 0.2) is 0 Å². The molecule has 23 heavy (non-hydrogen) atoms. The standard InChI is InChI=1S/C18H23N3O2/c1-2-10-19-16(22)18(8-9-18)17(23)20-11-7-13-12-21-15-6-4-3-5-14(13)15/h3-6,12,21H,2,7-11H2,1H3,(H,19,22)(H,20,23). The first-order chi connectivity index (χ1) is 11.2. The smallest absolute Gasteiger partial charge is 0.235 e. The zero-order valence-electron chi connectivity index (χ0n) is 13.4. The van der Waals surface area contributed by atoms with Crippen molar-refractivity contribution in [3.8, 4) is 0 Å². The van der Waals surface area contributed by atoms with Gasteiger partial charge in [0.05, 0.1) is 0 Å². The summed E-state index contributed by atoms with van der Waals surface area (Å²) in [5.41, 5.74) is 1.47. The molecule has 1 aromatic carbocycles. The van der Waals surface area contributed by atoms with Crippen LogP contribution >= 0.6 is 0 Å². The maximum absolute atomic E-state index is 12.3. The Hall–Kier alpha value is -2.30. The third kappa shape index (κ3) is 3.09. The van der Waals surface area contributed by atoms with E-state index in [0.29, 0.717) is 25.9 Å². The molecule has 122 valence electrons. The van der Waals surface area contributed by atoms with Crippen LogP contribution in [0.15, 0.2) is 30.5 Å². The van der Waals surface area contributed by atoms with E-state index in [4.69, 9.17) is 0 Å². The quantitative estimate of drug-likeness (QED) is 0.685. The minimum Gasteiger partial charge on any atom is -0.361 e. The van der Waals surface area contributed by atoms with Gasteiger partial charge in [0.2, 0.25) is 11.8 Å². The summed E-state index contributed by atoms with van der Waals surface area (Å²) in [5.74, 6) is -0.255. The second kappa shape index (κ2) is 6.44. The highest BCUT2D eigenvalue weighted by Gasteiger charge is 2.56. The van der Waals surface area contributed by atoms with E-state index in [1.165, 1.54) is 10.9 Å². The second-order valence-corrected chi connectivity index (χ2v) is 6.20. The van der Waals surface area contributed by atoms with Gasteiger partial charge in [-0.25, -0.2) is 0 Å². The van der Waals surface area contributed by atoms with Gasteiger partial charge in [-0.3, -0.25) is 9.59 Å². The summed E-state index contributed by atoms with van der Waals surface area (Å²) in [6.45, 7) is 3.17. The number of H-pyrrole nitrogens is 1. The van der Waals surface area contributed by atoms with Gasteiger partial charge in [0, 0.05) is 30.2 Å². The molecular formula is C18H23N3O2. The van der Waals surface area contributed by atoms with Gasteiger partial charge in [-0.1, -0.05) is 25.1 Å². The van der Waals surface area contributed by atoms with Crippen molar-refractivity contribution >= 4 is 22.7 Å². The van der Waals surface area contributed by atoms with Crippen molar-refractivity contribution in [2.75, 3.05) is 13.1 Å². The number of aromatic amines is 1. The Balaban J connectivity index is 1.54. The normalized spacial score (nSPS) is 15.3. The van der Waals surface area contributed by atoms with E-state index in [2.05, 4.69) is 21.7 Å². The number of carbonyl (C=O) groups is 2. The number of aromatic nitrogens is 1. The molecule has 2 aromatic rings. The lowest BCUT2D eigenvalue weighted by Crippen LogP contribution is -2.43. The van der Waals surface area contributed by atoms with E-state index in [0.717, 1.165) is 18.4 Å². The Kier molecular flexibility index (Phi) is 4.37. The minimum absolute atomic E-state index is 0.121. The first-order valence-electron chi connectivity index (χ1n) is 8.29. The fraction of sp³-hybridized carbons (Fsp3) is 0.444. The summed E-state index contributed by atoms with van der Waals surface area (Å²) in [7, 11) is 0. The fourth-order valence-corrected chi connectivity index (χ4v) is 2.91. The van der Waals surface area contributed by atoms with E-state index in [9.17, 15) is 9.59 Å². The highest BCUT2D eigenvalue weighted by molar-refractivity contribution is 6.07. The number of hydrogen-bond donors (Lipinski definition) is 3. The van der Waals surface area contributed by atoms with Gasteiger partial charge in [-0.15, -0.1) is 0 Å². The molecule has 1 aliphatic carbocycles. The zero-order valence-corrected chi connectivity index (χ0v) is 13.4. The van der Waals surface area contributed by atoms with Crippen LogP contribution in [0.4, 0.5) is 0 Å². The first kappa shape index (κ1) is 15.6. The number of rotatable bonds is 7. The highest BCUT2D eigenvalue weighted by Crippen LogP contribution is 2.46. The summed E-state index contributed by atoms with van der Waals surface area (Å²) in [4.78, 5) is 27.7. The SMILES string of the molecule is CCCNC(=O)C1(C(=O)NCCc2c[nH]c3ccccc23)CC1. The van der Waals surface area contributed by atoms with E-state index in [-0.39, 0.29) is 11.8 Å². The molecule has 0 radical (unpaired) electrons. The van der Waals surface area contributed by atoms with Crippen LogP contribution in [0.1, 0.15) is 31.7 Å². The average molecular weight is 313 g/mol. The van der Waals surface area contributed by atoms with E-state index in [1.807, 2.05) is 31.3 Å². The molecule has 1 aromatic heterocycles. The summed E-state index contributed by atoms with van der Waals surface area (Å²) in [6, 6.07) is 8.11. The van der Waals surface area contributed by atoms with E-state index >= 15 is 0 Å². The predicted octanol–water partition coefficient (Wildman–Crippen LogP) is 2.13. The molecule has 2 amide bonds. The van der Waals surface area contributed by atoms with Crippen LogP contribution in [-0.2, 0) is 16.0 Å². The van der Waals surface area contributed by atoms with Gasteiger partial charge in [-0.05, 0) is 37.3 Å². The Labute approximate surface area is 135 Å². The molecule has 1 fully saturated rings. The van der Waals surface area contributed by atoms with Crippen molar-refractivity contribution < 1.29 is 9.59 Å². The number of para-hydroxylation sites is 1. The minimum atomic E-state index is -0.810. The zero-order chi connectivity index (χ0) is 16.3. The number of nitrogens with one attached hydrogen (secondary N) is 3. The third-order valence-corrected chi connectivity index (χ3v) is 4.51. The monoisotopic (exact) mass is 313 g/mol. The Morgan fingerprint density at radius 1 is 1.13 bits per heavy atom. The predicted molar refractivity (Wildman–Crippen MR) is 90.0 cm³/mol. The van der Waals surface area contributed by atoms with Crippen LogP contribution in [0.5, 0.6) is 0 Å². The Bertz CT molecular complexity index is 716. The number of amides is 2. The second-order valence-electron chi connectivity index (χ2n) is 6.20. The van der Waals surface area contributed by atoms with Crippen molar-refractivity contribution in [1.29, 1.82) is 0 Å². The van der Waals surface area contributed by atoms with Gasteiger partial charge >= 0.3 is 0 Å². The molecular weight excluding hydrogens is 290 g/mol. The van der Waals surface area contributed by atoms with Crippen LogP contribution in [0.3, 0.4) is 0 Å². The topological polar surface area (TPSA) is 74.0 Å². The van der Waals surface area contributed by atoms with Crippen molar-refractivity contribution in [2.24, 2.45) is 5.41 Å². The lowest BCUT2D eigenvalue weighted by atomic mass is 10.0. The highest BCUT2D eigenvalue weighted by atomic mass is 16.2. The first-order valence-corrected chi connectivity index (χ1v) is 8.29. The molecule has 0 bridgehead atoms. The largest absolute Gasteiger partial charge is 0.361 e. The molecule has 0 saturated heterocycles. The van der Waals surface area contributed by atoms with Crippen molar-refractivity contribution in [3.05, 3.63) is 36.0 Å². The fourth-order valence-electron chi connectivity index (χ4n) is 2.91. The summed E-state index contributed by atoms with van der Waals surface area (Å²) >= 11 is 0. The third-order valence-electron chi connectivity index (χ3n) is 4.51. The molecule has 3 rings (SSSR count). The van der Waals surface area contributed by atoms with Gasteiger partial charge < -0.3 is 15.6 Å². The summed E-state index contributed by atoms with van der Waals surface area (Å²) in [6.07, 6.45) is 4.92. The molecule has 0 unspecified atom stereocenters. The number of hydrogen-bond acceptors (Lipinski definition) is 2. The van der Waals surface area contributed by atoms with Crippen molar-refractivity contribution in [3.63, 3.8) is 0 Å². The maximum atomic E-state index is 12.3. The van der Waals surface area contributed by atoms with Gasteiger partial charge in [0.25, 0.3) is 0 Å². The van der Waals surface area contributed by atoms with Crippen LogP contribution in [-0.4, -0.2) is 29.9 Å². The average Bonchev–Trinajstić information content (AvgIpc) is 3.29. The Morgan fingerprint density at radius 2 is 1.83 bits per heavy atom. The lowest BCUT2D eigenvalue weighted by molar-refractivity contribution is -0.137. The maximum Gasteiger partial charge on any atom is 0.235 e. The van der Waals surface area contributed by atoms with Crippen molar-refractivity contribution in [1.82, 2.24) is 15.6 Å². The number of carbonyl (C=O) groups excluding carboxylic acids is 2. The molecule has 5 nitrogen and oxygen atoms in total. The Morgan fingerprint density at radius 3 is 2.52 bits per heavy atom. The van der Waals surface area contributed by atoms with E-state index in [1.54, 1.807) is 0 Å². The molecule has 3 N–H and O–H groups in total. The molecule has 1 aliphatic rings. The number of fused-ring (bicyclic) bond motifs is 1. The van der Waals surface area contributed by atoms with Crippen LogP contribution in [0.2, 0.25) is 0 Å². The van der Waals surface area contributed by atoms with Crippen LogP contribution in [0.25, 0.3) is 10.9 Å². The van der Waals surface area contributed by atoms with Gasteiger partial charge in [-0.2, -0.15) is 0 Å². The van der Waals surface area contributed by atoms with E-state index < -0.39 is 5.41 Å². The molecule has 0 atom stereocenters. The molecule has 1 heterocycles. The lowest BCUT2D eigenvalue weighted by Gasteiger charge is -2.15. The van der Waals surface area contributed by atoms with Crippen LogP contribution < -0.4 is 10.6 Å². The molecule has 5 heteroatoms. The molecule has 0 aliphatic heterocycles. The van der Waals surface area contributed by atoms with Gasteiger partial charge in [0.1, 0.15) is 5.41 Å². The molecule has 0 spiro atoms.